The molecule has 2 heterocycles. The molecule has 2 aromatic heterocycles. The van der Waals surface area contributed by atoms with E-state index in [1.54, 1.807) is 31.3 Å². The fourth-order valence-electron chi connectivity index (χ4n) is 3.07. The zero-order valence-corrected chi connectivity index (χ0v) is 19.8. The minimum atomic E-state index is -4.63. The molecule has 1 aromatic carbocycles. The number of benzene rings is 1. The van der Waals surface area contributed by atoms with Gasteiger partial charge in [-0.25, -0.2) is 4.98 Å². The third-order valence-electron chi connectivity index (χ3n) is 4.70. The summed E-state index contributed by atoms with van der Waals surface area (Å²) in [6, 6.07) is 7.93. The van der Waals surface area contributed by atoms with Crippen molar-refractivity contribution in [3.63, 3.8) is 0 Å². The van der Waals surface area contributed by atoms with Crippen LogP contribution in [-0.2, 0) is 19.0 Å². The lowest BCUT2D eigenvalue weighted by Gasteiger charge is -2.13. The van der Waals surface area contributed by atoms with Gasteiger partial charge in [0, 0.05) is 24.6 Å². The number of carbonyl (C=O) groups is 1. The van der Waals surface area contributed by atoms with Crippen molar-refractivity contribution in [3.8, 4) is 11.8 Å². The zero-order valence-electron chi connectivity index (χ0n) is 18.3. The maximum Gasteiger partial charge on any atom is 0.433 e. The summed E-state index contributed by atoms with van der Waals surface area (Å²) in [7, 11) is 3.12. The fourth-order valence-corrected chi connectivity index (χ4v) is 4.37. The largest absolute Gasteiger partial charge is 0.496 e. The van der Waals surface area contributed by atoms with E-state index in [9.17, 15) is 23.2 Å². The van der Waals surface area contributed by atoms with Crippen molar-refractivity contribution in [2.45, 2.75) is 23.9 Å². The molecule has 0 aliphatic heterocycles. The SMILES string of the molecule is COc1ccc(/C=C/C(=O)c2nn(C)cc2Cl)cc1CSc1nc(C(F)(F)F)cc(C)c1C#N. The Morgan fingerprint density at radius 3 is 2.68 bits per heavy atom. The van der Waals surface area contributed by atoms with Crippen LogP contribution in [0.1, 0.15) is 38.4 Å². The van der Waals surface area contributed by atoms with E-state index in [0.29, 0.717) is 16.9 Å². The fraction of sp³-hybridized carbons (Fsp3) is 0.217. The van der Waals surface area contributed by atoms with E-state index in [1.807, 2.05) is 6.07 Å². The van der Waals surface area contributed by atoms with Crippen LogP contribution in [0.5, 0.6) is 5.75 Å². The second-order valence-corrected chi connectivity index (χ2v) is 8.54. The Bertz CT molecular complexity index is 1310. The monoisotopic (exact) mass is 506 g/mol. The van der Waals surface area contributed by atoms with E-state index in [4.69, 9.17) is 16.3 Å². The van der Waals surface area contributed by atoms with Crippen molar-refractivity contribution in [1.29, 1.82) is 5.26 Å². The maximum absolute atomic E-state index is 13.2. The Morgan fingerprint density at radius 1 is 1.35 bits per heavy atom. The molecule has 6 nitrogen and oxygen atoms in total. The van der Waals surface area contributed by atoms with Gasteiger partial charge < -0.3 is 4.74 Å². The number of hydrogen-bond acceptors (Lipinski definition) is 6. The number of rotatable bonds is 7. The molecule has 0 aliphatic carbocycles. The quantitative estimate of drug-likeness (QED) is 0.227. The lowest BCUT2D eigenvalue weighted by molar-refractivity contribution is -0.141. The number of ether oxygens (including phenoxy) is 1. The molecule has 0 N–H and O–H groups in total. The van der Waals surface area contributed by atoms with Gasteiger partial charge in [0.05, 0.1) is 17.7 Å². The number of aromatic nitrogens is 3. The van der Waals surface area contributed by atoms with Crippen LogP contribution >= 0.6 is 23.4 Å². The average molecular weight is 507 g/mol. The molecule has 0 spiro atoms. The number of halogens is 4. The Labute approximate surface area is 203 Å². The number of thioether (sulfide) groups is 1. The Hall–Kier alpha value is -3.29. The minimum Gasteiger partial charge on any atom is -0.496 e. The Morgan fingerprint density at radius 2 is 2.09 bits per heavy atom. The minimum absolute atomic E-state index is 0.0159. The first-order valence-electron chi connectivity index (χ1n) is 9.73. The molecule has 0 radical (unpaired) electrons. The lowest BCUT2D eigenvalue weighted by Crippen LogP contribution is -2.10. The van der Waals surface area contributed by atoms with Gasteiger partial charge in [-0.15, -0.1) is 11.8 Å². The average Bonchev–Trinajstić information content (AvgIpc) is 3.12. The third kappa shape index (κ3) is 5.79. The number of alkyl halides is 3. The second-order valence-electron chi connectivity index (χ2n) is 7.17. The molecule has 0 amide bonds. The van der Waals surface area contributed by atoms with Crippen LogP contribution in [0.2, 0.25) is 5.02 Å². The molecule has 3 rings (SSSR count). The molecular weight excluding hydrogens is 489 g/mol. The molecule has 34 heavy (non-hydrogen) atoms. The van der Waals surface area contributed by atoms with Gasteiger partial charge >= 0.3 is 6.18 Å². The summed E-state index contributed by atoms with van der Waals surface area (Å²) in [6.07, 6.45) is -0.198. The Balaban J connectivity index is 1.86. The first kappa shape index (κ1) is 25.3. The van der Waals surface area contributed by atoms with E-state index in [2.05, 4.69) is 10.1 Å². The smallest absolute Gasteiger partial charge is 0.433 e. The molecule has 0 saturated heterocycles. The van der Waals surface area contributed by atoms with Crippen molar-refractivity contribution >= 4 is 35.2 Å². The molecule has 0 fully saturated rings. The van der Waals surface area contributed by atoms with Crippen molar-refractivity contribution in [3.05, 3.63) is 75.2 Å². The van der Waals surface area contributed by atoms with E-state index in [1.165, 1.54) is 31.0 Å². The number of nitrogens with zero attached hydrogens (tertiary/aromatic N) is 4. The van der Waals surface area contributed by atoms with Crippen LogP contribution in [0.15, 0.2) is 41.6 Å². The molecule has 0 bridgehead atoms. The molecule has 0 aliphatic rings. The van der Waals surface area contributed by atoms with Crippen LogP contribution in [-0.4, -0.2) is 27.7 Å². The first-order chi connectivity index (χ1) is 16.0. The second kappa shape index (κ2) is 10.3. The third-order valence-corrected chi connectivity index (χ3v) is 6.00. The summed E-state index contributed by atoms with van der Waals surface area (Å²) in [5.41, 5.74) is 0.666. The van der Waals surface area contributed by atoms with Crippen molar-refractivity contribution in [2.75, 3.05) is 7.11 Å². The lowest BCUT2D eigenvalue weighted by atomic mass is 10.1. The van der Waals surface area contributed by atoms with E-state index < -0.39 is 11.9 Å². The van der Waals surface area contributed by atoms with Gasteiger partial charge in [0.25, 0.3) is 0 Å². The normalized spacial score (nSPS) is 11.6. The summed E-state index contributed by atoms with van der Waals surface area (Å²) in [4.78, 5) is 16.0. The highest BCUT2D eigenvalue weighted by Crippen LogP contribution is 2.35. The molecule has 3 aromatic rings. The zero-order chi connectivity index (χ0) is 25.0. The van der Waals surface area contributed by atoms with Crippen LogP contribution in [0.3, 0.4) is 0 Å². The first-order valence-corrected chi connectivity index (χ1v) is 11.1. The molecule has 0 saturated carbocycles. The van der Waals surface area contributed by atoms with Gasteiger partial charge in [-0.3, -0.25) is 9.48 Å². The van der Waals surface area contributed by atoms with Crippen LogP contribution in [0.25, 0.3) is 6.08 Å². The van der Waals surface area contributed by atoms with Crippen LogP contribution in [0, 0.1) is 18.3 Å². The molecule has 0 atom stereocenters. The summed E-state index contributed by atoms with van der Waals surface area (Å²) in [6.45, 7) is 1.44. The van der Waals surface area contributed by atoms with Crippen LogP contribution < -0.4 is 4.74 Å². The summed E-state index contributed by atoms with van der Waals surface area (Å²) in [5.74, 6) is 0.318. The number of methoxy groups -OCH3 is 1. The van der Waals surface area contributed by atoms with Gasteiger partial charge in [0.1, 0.15) is 22.5 Å². The van der Waals surface area contributed by atoms with E-state index in [0.717, 1.165) is 17.8 Å². The molecule has 11 heteroatoms. The molecule has 176 valence electrons. The highest BCUT2D eigenvalue weighted by atomic mass is 35.5. The highest BCUT2D eigenvalue weighted by Gasteiger charge is 2.34. The standard InChI is InChI=1S/C23H18ClF3N4O2S/c1-13-8-20(23(25,26)27)29-22(16(13)10-28)34-12-15-9-14(5-7-19(15)33-3)4-6-18(32)21-17(24)11-31(2)30-21/h4-9,11H,12H2,1-3H3/b6-4+. The van der Waals surface area contributed by atoms with Gasteiger partial charge in [0.15, 0.2) is 5.69 Å². The number of aryl methyl sites for hydroxylation is 2. The predicted molar refractivity (Wildman–Crippen MR) is 123 cm³/mol. The summed E-state index contributed by atoms with van der Waals surface area (Å²) in [5, 5.41) is 13.7. The molecular formula is C23H18ClF3N4O2S. The van der Waals surface area contributed by atoms with Crippen LogP contribution in [0.4, 0.5) is 13.2 Å². The van der Waals surface area contributed by atoms with E-state index >= 15 is 0 Å². The number of allylic oxidation sites excluding steroid dienone is 1. The maximum atomic E-state index is 13.2. The number of hydrogen-bond donors (Lipinski definition) is 0. The number of carbonyl (C=O) groups excluding carboxylic acids is 1. The van der Waals surface area contributed by atoms with Crippen molar-refractivity contribution < 1.29 is 22.7 Å². The summed E-state index contributed by atoms with van der Waals surface area (Å²) < 4.78 is 46.4. The van der Waals surface area contributed by atoms with Crippen molar-refractivity contribution in [2.24, 2.45) is 7.05 Å². The number of ketones is 1. The van der Waals surface area contributed by atoms with E-state index in [-0.39, 0.29) is 38.4 Å². The van der Waals surface area contributed by atoms with Gasteiger partial charge in [-0.05, 0) is 42.3 Å². The topological polar surface area (TPSA) is 80.8 Å². The van der Waals surface area contributed by atoms with Gasteiger partial charge in [-0.2, -0.15) is 23.5 Å². The van der Waals surface area contributed by atoms with Gasteiger partial charge in [-0.1, -0.05) is 23.7 Å². The number of nitriles is 1. The van der Waals surface area contributed by atoms with Gasteiger partial charge in [0.2, 0.25) is 5.78 Å². The predicted octanol–water partition coefficient (Wildman–Crippen LogP) is 5.86. The Kier molecular flexibility index (Phi) is 7.69. The summed E-state index contributed by atoms with van der Waals surface area (Å²) >= 11 is 7.00. The number of pyridine rings is 1. The molecule has 0 unspecified atom stereocenters. The van der Waals surface area contributed by atoms with Crippen molar-refractivity contribution in [1.82, 2.24) is 14.8 Å². The highest BCUT2D eigenvalue weighted by molar-refractivity contribution is 7.98.